The van der Waals surface area contributed by atoms with Crippen LogP contribution in [-0.4, -0.2) is 141 Å². The van der Waals surface area contributed by atoms with Crippen molar-refractivity contribution in [2.24, 2.45) is 0 Å². The molecule has 2 aliphatic rings. The van der Waals surface area contributed by atoms with Crippen LogP contribution in [0, 0.1) is 6.92 Å². The molecule has 1 aromatic heterocycles. The van der Waals surface area contributed by atoms with Crippen molar-refractivity contribution < 1.29 is 65.7 Å². The highest BCUT2D eigenvalue weighted by Gasteiger charge is 2.45. The van der Waals surface area contributed by atoms with Crippen LogP contribution in [0.5, 0.6) is 28.7 Å². The van der Waals surface area contributed by atoms with Gasteiger partial charge in [-0.15, -0.1) is 20.0 Å². The first kappa shape index (κ1) is 46.6. The van der Waals surface area contributed by atoms with Crippen molar-refractivity contribution in [3.05, 3.63) is 83.0 Å². The lowest BCUT2D eigenvalue weighted by Crippen LogP contribution is -2.60. The van der Waals surface area contributed by atoms with Crippen molar-refractivity contribution in [1.29, 1.82) is 0 Å². The standard InChI is InChI=1S/C44H51ClN4O14S/c1-22(2)46-42(54)24-10-11-31(60-44-41(53)40(52)39(51)36(21-50)61-44)35(15-24)63-64(56,57)62-32-18-30-38(37-23(3)8-7-9-27(32)37)26(19-45)20-49(30)43(55)29-14-25-16-34(59-13-12-48(4)5)33(58-6)17-28(25)47-29/h7-11,14-18,22,26,36,39-41,44,47,50-53H,12-13,19-21H2,1-6H3,(H,46,54)/t26-,36-,39+,40+,41-,44-/m1/s1. The lowest BCUT2D eigenvalue weighted by atomic mass is 9.92. The third-order valence-corrected chi connectivity index (χ3v) is 12.1. The Hall–Kier alpha value is -5.38. The SMILES string of the molecule is COc1cc2[nH]c(C(=O)N3C[C@@H](CCl)c4c3cc(OS(=O)(=O)Oc3cc(C(=O)NC(C)C)ccc3O[C@@H]3O[C@H](CO)[C@H](O)[C@H](O)[C@H]3O)c3cccc(C)c43)cc2cc1OCCN(C)C. The van der Waals surface area contributed by atoms with Crippen LogP contribution in [0.25, 0.3) is 21.7 Å². The van der Waals surface area contributed by atoms with E-state index < -0.39 is 65.3 Å². The Kier molecular flexibility index (Phi) is 13.8. The van der Waals surface area contributed by atoms with Crippen LogP contribution in [0.3, 0.4) is 0 Å². The van der Waals surface area contributed by atoms with Crippen molar-refractivity contribution in [1.82, 2.24) is 15.2 Å². The number of H-pyrrole nitrogens is 1. The van der Waals surface area contributed by atoms with E-state index in [4.69, 9.17) is 38.9 Å². The van der Waals surface area contributed by atoms with Crippen LogP contribution in [0.15, 0.2) is 60.7 Å². The first-order chi connectivity index (χ1) is 30.4. The molecule has 0 unspecified atom stereocenters. The van der Waals surface area contributed by atoms with Crippen LogP contribution in [0.2, 0.25) is 0 Å². The Morgan fingerprint density at radius 2 is 1.72 bits per heavy atom. The molecule has 3 heterocycles. The number of halogens is 1. The zero-order valence-electron chi connectivity index (χ0n) is 35.9. The number of nitrogens with zero attached hydrogens (tertiary/aromatic N) is 2. The fourth-order valence-corrected chi connectivity index (χ4v) is 8.76. The number of amides is 2. The maximum atomic E-state index is 14.5. The maximum Gasteiger partial charge on any atom is 0.501 e. The zero-order valence-corrected chi connectivity index (χ0v) is 37.5. The van der Waals surface area contributed by atoms with Gasteiger partial charge in [0.25, 0.3) is 11.8 Å². The number of fused-ring (bicyclic) bond motifs is 4. The van der Waals surface area contributed by atoms with Gasteiger partial charge in [0.1, 0.15) is 36.7 Å². The van der Waals surface area contributed by atoms with Gasteiger partial charge in [0.05, 0.1) is 19.4 Å². The van der Waals surface area contributed by atoms with E-state index in [0.29, 0.717) is 52.0 Å². The second-order valence-corrected chi connectivity index (χ2v) is 17.6. The van der Waals surface area contributed by atoms with Gasteiger partial charge in [0, 0.05) is 64.9 Å². The summed E-state index contributed by atoms with van der Waals surface area (Å²) < 4.78 is 62.2. The minimum atomic E-state index is -5.14. The predicted octanol–water partition coefficient (Wildman–Crippen LogP) is 3.58. The molecule has 18 nitrogen and oxygen atoms in total. The van der Waals surface area contributed by atoms with Gasteiger partial charge < -0.3 is 67.8 Å². The van der Waals surface area contributed by atoms with Crippen molar-refractivity contribution in [2.75, 3.05) is 58.3 Å². The third kappa shape index (κ3) is 9.52. The molecular formula is C44H51ClN4O14S. The first-order valence-corrected chi connectivity index (χ1v) is 22.3. The molecule has 0 aliphatic carbocycles. The quantitative estimate of drug-likeness (QED) is 0.0776. The van der Waals surface area contributed by atoms with Crippen molar-refractivity contribution in [2.45, 2.75) is 63.4 Å². The Morgan fingerprint density at radius 3 is 2.41 bits per heavy atom. The molecule has 2 aliphatic heterocycles. The summed E-state index contributed by atoms with van der Waals surface area (Å²) in [6.45, 7) is 5.79. The van der Waals surface area contributed by atoms with Gasteiger partial charge in [-0.3, -0.25) is 9.59 Å². The monoisotopic (exact) mass is 926 g/mol. The average Bonchev–Trinajstić information content (AvgIpc) is 3.84. The summed E-state index contributed by atoms with van der Waals surface area (Å²) in [5, 5.41) is 45.4. The average molecular weight is 927 g/mol. The van der Waals surface area contributed by atoms with Gasteiger partial charge in [-0.1, -0.05) is 18.2 Å². The normalized spacial score (nSPS) is 21.0. The molecular weight excluding hydrogens is 876 g/mol. The van der Waals surface area contributed by atoms with Gasteiger partial charge >= 0.3 is 10.4 Å². The van der Waals surface area contributed by atoms with Gasteiger partial charge in [-0.25, -0.2) is 0 Å². The van der Waals surface area contributed by atoms with Crippen LogP contribution >= 0.6 is 11.6 Å². The second-order valence-electron chi connectivity index (χ2n) is 16.2. The summed E-state index contributed by atoms with van der Waals surface area (Å²) in [7, 11) is 0.259. The molecule has 20 heteroatoms. The fraction of sp³-hybridized carbons (Fsp3) is 0.409. The van der Waals surface area contributed by atoms with Crippen molar-refractivity contribution in [3.63, 3.8) is 0 Å². The molecule has 0 bridgehead atoms. The number of nitrogens with one attached hydrogen (secondary N) is 2. The van der Waals surface area contributed by atoms with Gasteiger partial charge in [0.2, 0.25) is 6.29 Å². The minimum Gasteiger partial charge on any atom is -0.493 e. The van der Waals surface area contributed by atoms with E-state index in [2.05, 4.69) is 10.3 Å². The van der Waals surface area contributed by atoms with Crippen LogP contribution in [-0.2, 0) is 15.1 Å². The third-order valence-electron chi connectivity index (χ3n) is 10.9. The zero-order chi connectivity index (χ0) is 46.2. The minimum absolute atomic E-state index is 0.0385. The number of alkyl halides is 1. The number of ether oxygens (including phenoxy) is 4. The summed E-state index contributed by atoms with van der Waals surface area (Å²) in [4.78, 5) is 34.3. The van der Waals surface area contributed by atoms with Crippen LogP contribution < -0.4 is 32.8 Å². The number of benzene rings is 4. The van der Waals surface area contributed by atoms with E-state index in [1.54, 1.807) is 44.2 Å². The number of aliphatic hydroxyl groups is 4. The number of likely N-dealkylation sites (N-methyl/N-ethyl adjacent to an activating group) is 1. The summed E-state index contributed by atoms with van der Waals surface area (Å²) in [5.74, 6) is -1.39. The Labute approximate surface area is 374 Å². The molecule has 7 rings (SSSR count). The lowest BCUT2D eigenvalue weighted by Gasteiger charge is -2.39. The number of aromatic nitrogens is 1. The number of anilines is 1. The number of aryl methyl sites for hydroxylation is 1. The smallest absolute Gasteiger partial charge is 0.493 e. The lowest BCUT2D eigenvalue weighted by molar-refractivity contribution is -0.277. The molecule has 0 radical (unpaired) electrons. The van der Waals surface area contributed by atoms with Gasteiger partial charge in [-0.2, -0.15) is 0 Å². The largest absolute Gasteiger partial charge is 0.501 e. The van der Waals surface area contributed by atoms with Crippen LogP contribution in [0.4, 0.5) is 5.69 Å². The molecule has 64 heavy (non-hydrogen) atoms. The molecule has 6 atom stereocenters. The fourth-order valence-electron chi connectivity index (χ4n) is 7.77. The molecule has 6 N–H and O–H groups in total. The van der Waals surface area contributed by atoms with Crippen molar-refractivity contribution >= 4 is 61.2 Å². The Bertz CT molecular complexity index is 2660. The van der Waals surface area contributed by atoms with E-state index in [1.807, 2.05) is 32.0 Å². The van der Waals surface area contributed by atoms with E-state index in [0.717, 1.165) is 17.2 Å². The van der Waals surface area contributed by atoms with E-state index >= 15 is 0 Å². The molecule has 2 amide bonds. The van der Waals surface area contributed by atoms with Crippen LogP contribution in [0.1, 0.15) is 51.7 Å². The number of carbonyl (C=O) groups is 2. The summed E-state index contributed by atoms with van der Waals surface area (Å²) in [5.41, 5.74) is 2.64. The first-order valence-electron chi connectivity index (χ1n) is 20.4. The van der Waals surface area contributed by atoms with E-state index in [-0.39, 0.29) is 47.1 Å². The van der Waals surface area contributed by atoms with Gasteiger partial charge in [-0.05, 0) is 81.7 Å². The number of aromatic amines is 1. The van der Waals surface area contributed by atoms with E-state index in [9.17, 15) is 38.4 Å². The Balaban J connectivity index is 1.25. The molecule has 0 spiro atoms. The summed E-state index contributed by atoms with van der Waals surface area (Å²) in [6, 6.07) is 15.2. The summed E-state index contributed by atoms with van der Waals surface area (Å²) >= 11 is 6.58. The number of aliphatic hydroxyl groups excluding tert-OH is 4. The highest BCUT2D eigenvalue weighted by atomic mass is 35.5. The highest BCUT2D eigenvalue weighted by molar-refractivity contribution is 7.82. The second kappa shape index (κ2) is 19.0. The summed E-state index contributed by atoms with van der Waals surface area (Å²) in [6.07, 6.45) is -8.44. The van der Waals surface area contributed by atoms with Crippen molar-refractivity contribution in [3.8, 4) is 28.7 Å². The topological polar surface area (TPSA) is 239 Å². The molecule has 344 valence electrons. The number of rotatable bonds is 16. The van der Waals surface area contributed by atoms with E-state index in [1.165, 1.54) is 30.2 Å². The predicted molar refractivity (Wildman–Crippen MR) is 236 cm³/mol. The number of hydrogen-bond donors (Lipinski definition) is 6. The molecule has 1 saturated heterocycles. The molecule has 5 aromatic rings. The highest BCUT2D eigenvalue weighted by Crippen LogP contribution is 2.48. The number of methoxy groups -OCH3 is 1. The number of hydrogen-bond acceptors (Lipinski definition) is 15. The molecule has 0 saturated carbocycles. The maximum absolute atomic E-state index is 14.5. The molecule has 1 fully saturated rings. The number of carbonyl (C=O) groups excluding carboxylic acids is 2. The van der Waals surface area contributed by atoms with Gasteiger partial charge in [0.15, 0.2) is 28.7 Å². The Morgan fingerprint density at radius 1 is 0.969 bits per heavy atom. The molecule has 4 aromatic carbocycles.